The van der Waals surface area contributed by atoms with Crippen LogP contribution in [0.25, 0.3) is 16.5 Å². The fourth-order valence-electron chi connectivity index (χ4n) is 3.94. The van der Waals surface area contributed by atoms with E-state index < -0.39 is 73.7 Å². The molecule has 0 saturated heterocycles. The van der Waals surface area contributed by atoms with Gasteiger partial charge in [-0.15, -0.1) is 0 Å². The first-order valence-corrected chi connectivity index (χ1v) is 11.1. The summed E-state index contributed by atoms with van der Waals surface area (Å²) in [6.45, 7) is 2.91. The number of fused-ring (bicyclic) bond motifs is 3. The van der Waals surface area contributed by atoms with Crippen molar-refractivity contribution in [2.45, 2.75) is 39.5 Å². The predicted octanol–water partition coefficient (Wildman–Crippen LogP) is -5.58. The van der Waals surface area contributed by atoms with Crippen molar-refractivity contribution in [3.63, 3.8) is 0 Å². The number of aliphatic carboxylic acids is 2. The molecule has 0 N–H and O–H groups in total. The first kappa shape index (κ1) is 33.7. The van der Waals surface area contributed by atoms with E-state index in [1.165, 1.54) is 13.0 Å². The molecule has 1 aliphatic rings. The average molecular weight is 540 g/mol. The normalized spacial score (nSPS) is 13.1. The number of aryl methyl sites for hydroxylation is 1. The minimum absolute atomic E-state index is 0. The maximum absolute atomic E-state index is 13.2. The molecular formula is C26H22Na2O10. The number of benzene rings is 2. The van der Waals surface area contributed by atoms with E-state index in [1.54, 1.807) is 18.2 Å². The van der Waals surface area contributed by atoms with Gasteiger partial charge in [0.05, 0.1) is 25.0 Å². The van der Waals surface area contributed by atoms with Gasteiger partial charge in [0.1, 0.15) is 5.76 Å². The Balaban J connectivity index is 0.00000361. The molecule has 0 saturated carbocycles. The molecule has 188 valence electrons. The zero-order valence-electron chi connectivity index (χ0n) is 21.6. The molecule has 1 atom stereocenters. The third-order valence-corrected chi connectivity index (χ3v) is 5.72. The second-order valence-electron chi connectivity index (χ2n) is 8.36. The summed E-state index contributed by atoms with van der Waals surface area (Å²) in [7, 11) is 0. The molecule has 3 rings (SSSR count). The van der Waals surface area contributed by atoms with Crippen LogP contribution in [0.5, 0.6) is 0 Å². The van der Waals surface area contributed by atoms with E-state index in [4.69, 9.17) is 9.47 Å². The molecule has 0 radical (unpaired) electrons. The Labute approximate surface area is 262 Å². The molecule has 0 heterocycles. The van der Waals surface area contributed by atoms with E-state index in [0.717, 1.165) is 10.9 Å². The first-order chi connectivity index (χ1) is 17.0. The van der Waals surface area contributed by atoms with E-state index in [9.17, 15) is 39.0 Å². The Bertz CT molecular complexity index is 1330. The van der Waals surface area contributed by atoms with Gasteiger partial charge in [0.15, 0.2) is 0 Å². The van der Waals surface area contributed by atoms with Crippen LogP contribution in [0.1, 0.15) is 54.1 Å². The number of ether oxygens (including phenoxy) is 2. The van der Waals surface area contributed by atoms with Crippen molar-refractivity contribution < 1.29 is 108 Å². The van der Waals surface area contributed by atoms with Crippen molar-refractivity contribution in [3.05, 3.63) is 52.6 Å². The summed E-state index contributed by atoms with van der Waals surface area (Å²) in [5.41, 5.74) is 0.860. The first-order valence-electron chi connectivity index (χ1n) is 11.1. The molecule has 0 bridgehead atoms. The van der Waals surface area contributed by atoms with Gasteiger partial charge in [-0.2, -0.15) is 0 Å². The van der Waals surface area contributed by atoms with Gasteiger partial charge in [-0.3, -0.25) is 19.2 Å². The SMILES string of the molecule is Cc1cccc2c3c(ccc12)C(OC(=O)CCC(=O)[O-])=C(C(C)COC(=O)CCC(=O)[O-])C(=O)C3=O.[Na+].[Na+]. The van der Waals surface area contributed by atoms with E-state index in [2.05, 4.69) is 0 Å². The summed E-state index contributed by atoms with van der Waals surface area (Å²) < 4.78 is 10.5. The fraction of sp³-hybridized carbons (Fsp3) is 0.308. The Morgan fingerprint density at radius 3 is 2.03 bits per heavy atom. The number of carbonyl (C=O) groups is 6. The molecular weight excluding hydrogens is 518 g/mol. The standard InChI is InChI=1S/C26H24O10.2Na/c1-13-4-3-5-16-15(13)6-7-17-23(16)25(34)24(33)22(26(17)36-21(32)11-9-19(29)30)14(2)12-35-20(31)10-8-18(27)28;;/h3-7,14H,8-12H2,1-2H3,(H,27,28)(H,29,30);;/q;2*+1/p-2. The molecule has 2 aromatic carbocycles. The monoisotopic (exact) mass is 540 g/mol. The van der Waals surface area contributed by atoms with Crippen LogP contribution < -0.4 is 69.3 Å². The van der Waals surface area contributed by atoms with E-state index >= 15 is 0 Å². The number of carboxylic acids is 2. The van der Waals surface area contributed by atoms with Crippen molar-refractivity contribution in [3.8, 4) is 0 Å². The number of rotatable bonds is 10. The number of carbonyl (C=O) groups excluding carboxylic acids is 6. The maximum atomic E-state index is 13.2. The number of hydrogen-bond acceptors (Lipinski definition) is 10. The van der Waals surface area contributed by atoms with Crippen molar-refractivity contribution in [2.75, 3.05) is 6.61 Å². The number of esters is 2. The van der Waals surface area contributed by atoms with Gasteiger partial charge >= 0.3 is 71.1 Å². The smallest absolute Gasteiger partial charge is 0.550 e. The molecule has 0 spiro atoms. The predicted molar refractivity (Wildman–Crippen MR) is 120 cm³/mol. The maximum Gasteiger partial charge on any atom is 1.00 e. The van der Waals surface area contributed by atoms with Crippen LogP contribution in [0.3, 0.4) is 0 Å². The summed E-state index contributed by atoms with van der Waals surface area (Å²) in [4.78, 5) is 72.0. The van der Waals surface area contributed by atoms with Gasteiger partial charge in [-0.05, 0) is 42.2 Å². The summed E-state index contributed by atoms with van der Waals surface area (Å²) in [5.74, 6) is -7.63. The van der Waals surface area contributed by atoms with Gasteiger partial charge in [-0.25, -0.2) is 0 Å². The number of hydrogen-bond donors (Lipinski definition) is 0. The molecule has 38 heavy (non-hydrogen) atoms. The van der Waals surface area contributed by atoms with Crippen LogP contribution in [0.4, 0.5) is 0 Å². The number of carboxylic acid groups (broad SMARTS) is 2. The van der Waals surface area contributed by atoms with Gasteiger partial charge in [-0.1, -0.05) is 31.2 Å². The third-order valence-electron chi connectivity index (χ3n) is 5.72. The van der Waals surface area contributed by atoms with Gasteiger partial charge in [0.25, 0.3) is 0 Å². The second kappa shape index (κ2) is 14.7. The van der Waals surface area contributed by atoms with Gasteiger partial charge < -0.3 is 29.3 Å². The zero-order chi connectivity index (χ0) is 26.6. The molecule has 12 heteroatoms. The Morgan fingerprint density at radius 1 is 0.816 bits per heavy atom. The van der Waals surface area contributed by atoms with Crippen LogP contribution >= 0.6 is 0 Å². The zero-order valence-corrected chi connectivity index (χ0v) is 25.6. The van der Waals surface area contributed by atoms with E-state index in [1.807, 2.05) is 13.0 Å². The van der Waals surface area contributed by atoms with Crippen molar-refractivity contribution in [1.29, 1.82) is 0 Å². The van der Waals surface area contributed by atoms with Gasteiger partial charge in [0, 0.05) is 29.0 Å². The summed E-state index contributed by atoms with van der Waals surface area (Å²) in [5, 5.41) is 22.5. The molecule has 0 aliphatic heterocycles. The van der Waals surface area contributed by atoms with Crippen molar-refractivity contribution >= 4 is 52.0 Å². The Morgan fingerprint density at radius 2 is 1.42 bits per heavy atom. The number of ketones is 2. The molecule has 0 amide bonds. The molecule has 1 aliphatic carbocycles. The van der Waals surface area contributed by atoms with Gasteiger partial charge in [0.2, 0.25) is 11.6 Å². The second-order valence-corrected chi connectivity index (χ2v) is 8.36. The summed E-state index contributed by atoms with van der Waals surface area (Å²) in [6.07, 6.45) is -2.13. The summed E-state index contributed by atoms with van der Waals surface area (Å²) >= 11 is 0. The fourth-order valence-corrected chi connectivity index (χ4v) is 3.94. The Hall–Kier alpha value is -2.34. The quantitative estimate of drug-likeness (QED) is 0.161. The Kier molecular flexibility index (Phi) is 13.0. The van der Waals surface area contributed by atoms with Crippen molar-refractivity contribution in [2.24, 2.45) is 5.92 Å². The van der Waals surface area contributed by atoms with Crippen molar-refractivity contribution in [1.82, 2.24) is 0 Å². The molecule has 0 fully saturated rings. The van der Waals surface area contributed by atoms with Crippen LogP contribution in [-0.2, 0) is 33.4 Å². The van der Waals surface area contributed by atoms with Crippen LogP contribution in [-0.4, -0.2) is 42.1 Å². The van der Waals surface area contributed by atoms with Crippen LogP contribution in [0.2, 0.25) is 0 Å². The molecule has 1 unspecified atom stereocenters. The minimum atomic E-state index is -1.46. The minimum Gasteiger partial charge on any atom is -0.550 e. The molecule has 0 aromatic heterocycles. The van der Waals surface area contributed by atoms with Crippen LogP contribution in [0.15, 0.2) is 35.9 Å². The largest absolute Gasteiger partial charge is 1.00 e. The average Bonchev–Trinajstić information content (AvgIpc) is 2.82. The molecule has 2 aromatic rings. The number of Topliss-reactive ketones (excluding diaryl/α,β-unsaturated/α-hetero) is 2. The van der Waals surface area contributed by atoms with E-state index in [0.29, 0.717) is 5.39 Å². The topological polar surface area (TPSA) is 167 Å². The summed E-state index contributed by atoms with van der Waals surface area (Å²) in [6, 6.07) is 8.46. The van der Waals surface area contributed by atoms with E-state index in [-0.39, 0.29) is 81.6 Å². The third kappa shape index (κ3) is 7.84. The molecule has 10 nitrogen and oxygen atoms in total. The van der Waals surface area contributed by atoms with Crippen LogP contribution in [0, 0.1) is 12.8 Å².